The number of ether oxygens (including phenoxy) is 1. The number of para-hydroxylation sites is 1. The van der Waals surface area contributed by atoms with Gasteiger partial charge in [-0.25, -0.2) is 14.5 Å². The third-order valence-electron chi connectivity index (χ3n) is 4.16. The van der Waals surface area contributed by atoms with Crippen LogP contribution in [-0.4, -0.2) is 31.9 Å². The van der Waals surface area contributed by atoms with Gasteiger partial charge in [0.1, 0.15) is 17.1 Å². The highest BCUT2D eigenvalue weighted by molar-refractivity contribution is 6.07. The number of nitrogens with zero attached hydrogens (tertiary/aromatic N) is 4. The lowest BCUT2D eigenvalue weighted by atomic mass is 10.1. The van der Waals surface area contributed by atoms with E-state index >= 15 is 0 Å². The number of aromatic nitrogens is 4. The maximum absolute atomic E-state index is 12.7. The topological polar surface area (TPSA) is 81.4 Å². The summed E-state index contributed by atoms with van der Waals surface area (Å²) in [4.78, 5) is 21.1. The van der Waals surface area contributed by atoms with Gasteiger partial charge in [-0.15, -0.1) is 13.2 Å². The van der Waals surface area contributed by atoms with Crippen LogP contribution in [0.25, 0.3) is 16.9 Å². The van der Waals surface area contributed by atoms with Crippen molar-refractivity contribution in [3.05, 3.63) is 72.2 Å². The highest BCUT2D eigenvalue weighted by Crippen LogP contribution is 2.33. The second kappa shape index (κ2) is 7.47. The molecular weight excluding hydrogens is 399 g/mol. The molecule has 1 N–H and O–H groups in total. The van der Waals surface area contributed by atoms with Gasteiger partial charge in [-0.1, -0.05) is 18.2 Å². The minimum absolute atomic E-state index is 0.130. The average Bonchev–Trinajstić information content (AvgIpc) is 3.12. The van der Waals surface area contributed by atoms with Gasteiger partial charge in [0.05, 0.1) is 11.9 Å². The second-order valence-electron chi connectivity index (χ2n) is 6.36. The van der Waals surface area contributed by atoms with Crippen molar-refractivity contribution in [2.45, 2.75) is 13.3 Å². The van der Waals surface area contributed by atoms with Crippen LogP contribution in [0, 0.1) is 6.92 Å². The Balaban J connectivity index is 1.70. The highest BCUT2D eigenvalue weighted by Gasteiger charge is 2.32. The molecule has 4 rings (SSSR count). The number of alkyl halides is 3. The third-order valence-corrected chi connectivity index (χ3v) is 4.16. The van der Waals surface area contributed by atoms with E-state index in [1.807, 2.05) is 6.92 Å². The molecule has 152 valence electrons. The summed E-state index contributed by atoms with van der Waals surface area (Å²) in [5.74, 6) is -0.535. The molecule has 0 aliphatic rings. The van der Waals surface area contributed by atoms with E-state index in [0.717, 1.165) is 5.56 Å². The van der Waals surface area contributed by atoms with Gasteiger partial charge in [-0.05, 0) is 36.8 Å². The number of nitrogens with one attached hydrogen (secondary N) is 1. The summed E-state index contributed by atoms with van der Waals surface area (Å²) < 4.78 is 43.6. The van der Waals surface area contributed by atoms with Crippen LogP contribution in [0.4, 0.5) is 19.0 Å². The number of halogens is 3. The molecule has 0 saturated carbocycles. The molecule has 0 aliphatic heterocycles. The van der Waals surface area contributed by atoms with Crippen molar-refractivity contribution in [2.75, 3.05) is 5.32 Å². The van der Waals surface area contributed by atoms with Crippen molar-refractivity contribution in [3.63, 3.8) is 0 Å². The lowest BCUT2D eigenvalue weighted by molar-refractivity contribution is -0.274. The summed E-state index contributed by atoms with van der Waals surface area (Å²) in [6.07, 6.45) is -0.404. The molecule has 1 amide bonds. The number of anilines is 1. The molecule has 30 heavy (non-hydrogen) atoms. The van der Waals surface area contributed by atoms with Crippen molar-refractivity contribution < 1.29 is 22.7 Å². The van der Waals surface area contributed by atoms with E-state index in [1.54, 1.807) is 24.4 Å². The largest absolute Gasteiger partial charge is 0.573 e. The van der Waals surface area contributed by atoms with E-state index in [4.69, 9.17) is 0 Å². The molecular formula is C20H14F3N5O2. The van der Waals surface area contributed by atoms with Crippen LogP contribution in [0.15, 0.2) is 61.1 Å². The fourth-order valence-corrected chi connectivity index (χ4v) is 2.80. The normalized spacial score (nSPS) is 11.5. The molecule has 10 heteroatoms. The fourth-order valence-electron chi connectivity index (χ4n) is 2.80. The number of amides is 1. The Bertz CT molecular complexity index is 1220. The molecule has 0 unspecified atom stereocenters. The van der Waals surface area contributed by atoms with Crippen LogP contribution >= 0.6 is 0 Å². The number of carbonyl (C=O) groups is 1. The molecule has 0 bridgehead atoms. The van der Waals surface area contributed by atoms with Gasteiger partial charge in [0.25, 0.3) is 5.91 Å². The first-order chi connectivity index (χ1) is 14.3. The van der Waals surface area contributed by atoms with Gasteiger partial charge in [-0.3, -0.25) is 4.79 Å². The summed E-state index contributed by atoms with van der Waals surface area (Å²) in [5.41, 5.74) is 1.60. The molecule has 0 aliphatic carbocycles. The molecule has 1 aromatic carbocycles. The Labute approximate surface area is 168 Å². The SMILES string of the molecule is Cc1ccc(NC(=O)c2cnn3ccc(-c4ccccc4OC(F)(F)F)nc23)nc1. The summed E-state index contributed by atoms with van der Waals surface area (Å²) in [5, 5.41) is 6.72. The van der Waals surface area contributed by atoms with E-state index in [9.17, 15) is 18.0 Å². The van der Waals surface area contributed by atoms with Crippen LogP contribution in [0.2, 0.25) is 0 Å². The van der Waals surface area contributed by atoms with Gasteiger partial charge < -0.3 is 10.1 Å². The monoisotopic (exact) mass is 413 g/mol. The second-order valence-corrected chi connectivity index (χ2v) is 6.36. The van der Waals surface area contributed by atoms with E-state index in [2.05, 4.69) is 25.1 Å². The molecule has 7 nitrogen and oxygen atoms in total. The number of fused-ring (bicyclic) bond motifs is 1. The lowest BCUT2D eigenvalue weighted by Crippen LogP contribution is -2.17. The number of rotatable bonds is 4. The minimum Gasteiger partial charge on any atom is -0.405 e. The average molecular weight is 413 g/mol. The molecule has 3 aromatic heterocycles. The van der Waals surface area contributed by atoms with Crippen molar-refractivity contribution in [2.24, 2.45) is 0 Å². The Morgan fingerprint density at radius 3 is 2.63 bits per heavy atom. The molecule has 0 atom stereocenters. The van der Waals surface area contributed by atoms with Gasteiger partial charge in [0.2, 0.25) is 0 Å². The number of hydrogen-bond donors (Lipinski definition) is 1. The van der Waals surface area contributed by atoms with Crippen molar-refractivity contribution in [1.82, 2.24) is 19.6 Å². The van der Waals surface area contributed by atoms with Crippen LogP contribution in [0.3, 0.4) is 0 Å². The molecule has 0 saturated heterocycles. The number of pyridine rings is 1. The van der Waals surface area contributed by atoms with Gasteiger partial charge >= 0.3 is 6.36 Å². The molecule has 4 aromatic rings. The molecule has 0 fully saturated rings. The van der Waals surface area contributed by atoms with Crippen LogP contribution in [0.5, 0.6) is 5.75 Å². The van der Waals surface area contributed by atoms with E-state index < -0.39 is 18.0 Å². The summed E-state index contributed by atoms with van der Waals surface area (Å²) in [6.45, 7) is 1.87. The number of carbonyl (C=O) groups excluding carboxylic acids is 1. The summed E-state index contributed by atoms with van der Waals surface area (Å²) in [6, 6.07) is 10.6. The quantitative estimate of drug-likeness (QED) is 0.541. The lowest BCUT2D eigenvalue weighted by Gasteiger charge is -2.13. The maximum atomic E-state index is 12.7. The van der Waals surface area contributed by atoms with Gasteiger partial charge in [0, 0.05) is 18.0 Å². The minimum atomic E-state index is -4.84. The fraction of sp³-hybridized carbons (Fsp3) is 0.100. The van der Waals surface area contributed by atoms with Crippen molar-refractivity contribution in [1.29, 1.82) is 0 Å². The van der Waals surface area contributed by atoms with E-state index in [-0.39, 0.29) is 22.5 Å². The predicted molar refractivity (Wildman–Crippen MR) is 102 cm³/mol. The first kappa shape index (κ1) is 19.4. The number of benzene rings is 1. The van der Waals surface area contributed by atoms with Gasteiger partial charge in [0.15, 0.2) is 5.65 Å². The molecule has 0 radical (unpaired) electrons. The van der Waals surface area contributed by atoms with E-state index in [0.29, 0.717) is 5.82 Å². The third kappa shape index (κ3) is 4.07. The van der Waals surface area contributed by atoms with Crippen molar-refractivity contribution in [3.8, 4) is 17.0 Å². The molecule has 3 heterocycles. The first-order valence-corrected chi connectivity index (χ1v) is 8.74. The zero-order valence-corrected chi connectivity index (χ0v) is 15.5. The number of aryl methyl sites for hydroxylation is 1. The Morgan fingerprint density at radius 1 is 1.10 bits per heavy atom. The zero-order valence-electron chi connectivity index (χ0n) is 15.5. The van der Waals surface area contributed by atoms with Crippen LogP contribution < -0.4 is 10.1 Å². The van der Waals surface area contributed by atoms with E-state index in [1.165, 1.54) is 41.2 Å². The maximum Gasteiger partial charge on any atom is 0.573 e. The number of hydrogen-bond acceptors (Lipinski definition) is 5. The zero-order chi connectivity index (χ0) is 21.3. The standard InChI is InChI=1S/C20H14F3N5O2/c1-12-6-7-17(24-10-12)27-19(29)14-11-25-28-9-8-15(26-18(14)28)13-4-2-3-5-16(13)30-20(21,22)23/h2-11H,1H3,(H,24,27,29). The molecule has 0 spiro atoms. The Morgan fingerprint density at radius 2 is 1.90 bits per heavy atom. The smallest absolute Gasteiger partial charge is 0.405 e. The van der Waals surface area contributed by atoms with Crippen LogP contribution in [-0.2, 0) is 0 Å². The summed E-state index contributed by atoms with van der Waals surface area (Å²) >= 11 is 0. The Hall–Kier alpha value is -3.95. The van der Waals surface area contributed by atoms with Gasteiger partial charge in [-0.2, -0.15) is 5.10 Å². The predicted octanol–water partition coefficient (Wildman–Crippen LogP) is 4.25. The van der Waals surface area contributed by atoms with Crippen molar-refractivity contribution >= 4 is 17.4 Å². The van der Waals surface area contributed by atoms with Crippen LogP contribution in [0.1, 0.15) is 15.9 Å². The first-order valence-electron chi connectivity index (χ1n) is 8.74. The Kier molecular flexibility index (Phi) is 4.82. The summed E-state index contributed by atoms with van der Waals surface area (Å²) in [7, 11) is 0. The highest BCUT2D eigenvalue weighted by atomic mass is 19.4.